The molecule has 0 aromatic carbocycles. The van der Waals surface area contributed by atoms with Gasteiger partial charge < -0.3 is 5.11 Å². The Balaban J connectivity index is 1.94. The average Bonchev–Trinajstić information content (AvgIpc) is 2.80. The minimum absolute atomic E-state index is 0.366. The second-order valence-corrected chi connectivity index (χ2v) is 7.28. The first-order chi connectivity index (χ1) is 9.63. The predicted molar refractivity (Wildman–Crippen MR) is 81.1 cm³/mol. The van der Waals surface area contributed by atoms with E-state index < -0.39 is 5.60 Å². The number of nitrogens with zero attached hydrogens (tertiary/aromatic N) is 3. The fraction of sp³-hybridized carbons (Fsp3) is 0.867. The summed E-state index contributed by atoms with van der Waals surface area (Å²) in [5, 5.41) is 19.6. The second-order valence-electron chi connectivity index (χ2n) is 6.53. The van der Waals surface area contributed by atoms with E-state index in [1.165, 1.54) is 38.5 Å². The fourth-order valence-corrected chi connectivity index (χ4v) is 5.10. The number of halogens is 1. The number of aromatic nitrogens is 3. The molecule has 1 N–H and O–H groups in total. The van der Waals surface area contributed by atoms with E-state index >= 15 is 0 Å². The first-order valence-electron chi connectivity index (χ1n) is 7.91. The van der Waals surface area contributed by atoms with E-state index in [4.69, 9.17) is 0 Å². The van der Waals surface area contributed by atoms with Crippen molar-refractivity contribution in [3.8, 4) is 0 Å². The molecule has 2 atom stereocenters. The van der Waals surface area contributed by atoms with Crippen molar-refractivity contribution in [1.82, 2.24) is 15.0 Å². The van der Waals surface area contributed by atoms with Crippen molar-refractivity contribution in [2.75, 3.05) is 0 Å². The summed E-state index contributed by atoms with van der Waals surface area (Å²) in [4.78, 5) is 0. The third-order valence-corrected chi connectivity index (χ3v) is 5.89. The molecular formula is C15H24BrN3O. The SMILES string of the molecule is Cn1nnc(Br)c1C1(O)CCCCC1C1CCCCC1. The Labute approximate surface area is 129 Å². The maximum absolute atomic E-state index is 11.5. The van der Waals surface area contributed by atoms with Gasteiger partial charge in [0.2, 0.25) is 0 Å². The van der Waals surface area contributed by atoms with Gasteiger partial charge in [0, 0.05) is 7.05 Å². The molecule has 5 heteroatoms. The summed E-state index contributed by atoms with van der Waals surface area (Å²) in [6.07, 6.45) is 10.9. The number of hydrogen-bond donors (Lipinski definition) is 1. The van der Waals surface area contributed by atoms with Crippen molar-refractivity contribution >= 4 is 15.9 Å². The lowest BCUT2D eigenvalue weighted by atomic mass is 9.64. The van der Waals surface area contributed by atoms with Crippen LogP contribution < -0.4 is 0 Å². The van der Waals surface area contributed by atoms with E-state index in [1.807, 2.05) is 7.05 Å². The van der Waals surface area contributed by atoms with E-state index in [0.717, 1.165) is 25.0 Å². The van der Waals surface area contributed by atoms with Crippen LogP contribution in [0.4, 0.5) is 0 Å². The van der Waals surface area contributed by atoms with Crippen molar-refractivity contribution in [2.45, 2.75) is 63.4 Å². The molecule has 20 heavy (non-hydrogen) atoms. The van der Waals surface area contributed by atoms with Crippen LogP contribution in [0.1, 0.15) is 63.5 Å². The lowest BCUT2D eigenvalue weighted by Crippen LogP contribution is -2.44. The number of aliphatic hydroxyl groups is 1. The molecule has 2 fully saturated rings. The quantitative estimate of drug-likeness (QED) is 0.894. The molecule has 0 bridgehead atoms. The molecule has 3 rings (SSSR count). The maximum atomic E-state index is 11.5. The number of rotatable bonds is 2. The minimum atomic E-state index is -0.753. The summed E-state index contributed by atoms with van der Waals surface area (Å²) >= 11 is 3.48. The van der Waals surface area contributed by atoms with Gasteiger partial charge in [-0.1, -0.05) is 50.2 Å². The zero-order chi connectivity index (χ0) is 14.2. The van der Waals surface area contributed by atoms with Crippen LogP contribution in [0.25, 0.3) is 0 Å². The summed E-state index contributed by atoms with van der Waals surface area (Å²) in [5.41, 5.74) is 0.130. The molecule has 0 aliphatic heterocycles. The van der Waals surface area contributed by atoms with Crippen LogP contribution >= 0.6 is 15.9 Å². The molecule has 0 radical (unpaired) electrons. The summed E-state index contributed by atoms with van der Waals surface area (Å²) < 4.78 is 2.47. The molecule has 1 aromatic heterocycles. The van der Waals surface area contributed by atoms with Gasteiger partial charge in [-0.05, 0) is 40.6 Å². The Morgan fingerprint density at radius 3 is 2.50 bits per heavy atom. The van der Waals surface area contributed by atoms with Crippen LogP contribution in [0.2, 0.25) is 0 Å². The standard InChI is InChI=1S/C15H24BrN3O/c1-19-13(14(16)17-18-19)15(20)10-6-5-9-12(15)11-7-3-2-4-8-11/h11-12,20H,2-10H2,1H3. The monoisotopic (exact) mass is 341 g/mol. The average molecular weight is 342 g/mol. The van der Waals surface area contributed by atoms with Gasteiger partial charge in [-0.25, -0.2) is 4.68 Å². The Morgan fingerprint density at radius 2 is 1.85 bits per heavy atom. The van der Waals surface area contributed by atoms with Crippen LogP contribution in [0, 0.1) is 11.8 Å². The predicted octanol–water partition coefficient (Wildman–Crippen LogP) is 3.54. The van der Waals surface area contributed by atoms with Crippen LogP contribution in [-0.2, 0) is 12.6 Å². The first-order valence-corrected chi connectivity index (χ1v) is 8.70. The topological polar surface area (TPSA) is 50.9 Å². The molecular weight excluding hydrogens is 318 g/mol. The number of hydrogen-bond acceptors (Lipinski definition) is 3. The van der Waals surface area contributed by atoms with Crippen molar-refractivity contribution < 1.29 is 5.11 Å². The van der Waals surface area contributed by atoms with E-state index in [2.05, 4.69) is 26.2 Å². The molecule has 0 saturated heterocycles. The fourth-order valence-electron chi connectivity index (χ4n) is 4.43. The van der Waals surface area contributed by atoms with Gasteiger partial charge in [0.05, 0.1) is 0 Å². The van der Waals surface area contributed by atoms with Crippen molar-refractivity contribution in [1.29, 1.82) is 0 Å². The van der Waals surface area contributed by atoms with Gasteiger partial charge in [0.1, 0.15) is 11.3 Å². The third kappa shape index (κ3) is 2.43. The smallest absolute Gasteiger partial charge is 0.154 e. The zero-order valence-corrected chi connectivity index (χ0v) is 13.8. The lowest BCUT2D eigenvalue weighted by Gasteiger charge is -2.45. The third-order valence-electron chi connectivity index (χ3n) is 5.35. The largest absolute Gasteiger partial charge is 0.383 e. The van der Waals surface area contributed by atoms with E-state index in [1.54, 1.807) is 4.68 Å². The zero-order valence-electron chi connectivity index (χ0n) is 12.2. The highest BCUT2D eigenvalue weighted by molar-refractivity contribution is 9.10. The molecule has 1 aromatic rings. The van der Waals surface area contributed by atoms with Gasteiger partial charge in [0.15, 0.2) is 4.60 Å². The summed E-state index contributed by atoms with van der Waals surface area (Å²) in [7, 11) is 1.89. The number of aryl methyl sites for hydroxylation is 1. The molecule has 4 nitrogen and oxygen atoms in total. The molecule has 0 amide bonds. The van der Waals surface area contributed by atoms with Crippen LogP contribution in [0.3, 0.4) is 0 Å². The van der Waals surface area contributed by atoms with Crippen molar-refractivity contribution in [3.05, 3.63) is 10.3 Å². The molecule has 1 heterocycles. The van der Waals surface area contributed by atoms with E-state index in [-0.39, 0.29) is 0 Å². The molecule has 112 valence electrons. The first kappa shape index (κ1) is 14.5. The van der Waals surface area contributed by atoms with Gasteiger partial charge in [0.25, 0.3) is 0 Å². The Morgan fingerprint density at radius 1 is 1.15 bits per heavy atom. The van der Waals surface area contributed by atoms with Crippen LogP contribution in [0.5, 0.6) is 0 Å². The Hall–Kier alpha value is -0.420. The molecule has 0 spiro atoms. The molecule has 2 unspecified atom stereocenters. The van der Waals surface area contributed by atoms with Crippen LogP contribution in [0.15, 0.2) is 4.60 Å². The van der Waals surface area contributed by atoms with Gasteiger partial charge in [-0.15, -0.1) is 5.10 Å². The van der Waals surface area contributed by atoms with Crippen LogP contribution in [-0.4, -0.2) is 20.1 Å². The molecule has 2 aliphatic carbocycles. The Kier molecular flexibility index (Phi) is 4.18. The second kappa shape index (κ2) is 5.76. The summed E-state index contributed by atoms with van der Waals surface area (Å²) in [6.45, 7) is 0. The minimum Gasteiger partial charge on any atom is -0.383 e. The lowest BCUT2D eigenvalue weighted by molar-refractivity contribution is -0.0894. The van der Waals surface area contributed by atoms with Crippen molar-refractivity contribution in [2.24, 2.45) is 18.9 Å². The van der Waals surface area contributed by atoms with Crippen molar-refractivity contribution in [3.63, 3.8) is 0 Å². The van der Waals surface area contributed by atoms with Gasteiger partial charge in [-0.2, -0.15) is 0 Å². The van der Waals surface area contributed by atoms with Gasteiger partial charge in [-0.3, -0.25) is 0 Å². The normalized spacial score (nSPS) is 32.5. The highest BCUT2D eigenvalue weighted by Gasteiger charge is 2.47. The van der Waals surface area contributed by atoms with E-state index in [9.17, 15) is 5.11 Å². The molecule has 2 aliphatic rings. The van der Waals surface area contributed by atoms with E-state index in [0.29, 0.717) is 16.4 Å². The highest BCUT2D eigenvalue weighted by atomic mass is 79.9. The summed E-state index contributed by atoms with van der Waals surface area (Å²) in [6, 6.07) is 0. The Bertz CT molecular complexity index is 450. The van der Waals surface area contributed by atoms with Gasteiger partial charge >= 0.3 is 0 Å². The highest BCUT2D eigenvalue weighted by Crippen LogP contribution is 2.49. The maximum Gasteiger partial charge on any atom is 0.154 e. The molecule has 2 saturated carbocycles. The summed E-state index contributed by atoms with van der Waals surface area (Å²) in [5.74, 6) is 1.03.